The van der Waals surface area contributed by atoms with Crippen LogP contribution in [0.25, 0.3) is 10.9 Å². The molecule has 9 heteroatoms. The number of alkyl halides is 3. The maximum Gasteiger partial charge on any atom is 0.490 e. The molecule has 156 valence electrons. The van der Waals surface area contributed by atoms with Crippen molar-refractivity contribution in [1.29, 1.82) is 0 Å². The number of carbonyl (C=O) groups is 2. The van der Waals surface area contributed by atoms with E-state index in [2.05, 4.69) is 15.0 Å². The molecule has 6 nitrogen and oxygen atoms in total. The maximum atomic E-state index is 12.4. The van der Waals surface area contributed by atoms with Gasteiger partial charge in [-0.25, -0.2) is 9.78 Å². The van der Waals surface area contributed by atoms with Gasteiger partial charge in [0.2, 0.25) is 0 Å². The molecule has 1 heterocycles. The number of pyridine rings is 1. The zero-order valence-corrected chi connectivity index (χ0v) is 15.8. The molecule has 1 aromatic carbocycles. The highest BCUT2D eigenvalue weighted by atomic mass is 19.4. The van der Waals surface area contributed by atoms with E-state index < -0.39 is 30.1 Å². The van der Waals surface area contributed by atoms with Crippen LogP contribution >= 0.6 is 0 Å². The van der Waals surface area contributed by atoms with Crippen molar-refractivity contribution in [1.82, 2.24) is 4.98 Å². The smallest absolute Gasteiger partial charge is 0.445 e. The first-order chi connectivity index (χ1) is 13.6. The van der Waals surface area contributed by atoms with E-state index in [1.807, 2.05) is 37.3 Å². The van der Waals surface area contributed by atoms with Gasteiger partial charge >= 0.3 is 12.1 Å². The van der Waals surface area contributed by atoms with Crippen LogP contribution in [0.4, 0.5) is 19.0 Å². The number of halogens is 3. The number of aryl methyl sites for hydroxylation is 1. The van der Waals surface area contributed by atoms with Gasteiger partial charge in [-0.15, -0.1) is 0 Å². The van der Waals surface area contributed by atoms with Crippen LogP contribution in [0, 0.1) is 12.8 Å². The second kappa shape index (κ2) is 8.26. The lowest BCUT2D eigenvalue weighted by molar-refractivity contribution is -0.207. The van der Waals surface area contributed by atoms with E-state index in [0.29, 0.717) is 25.7 Å². The van der Waals surface area contributed by atoms with E-state index >= 15 is 0 Å². The minimum absolute atomic E-state index is 0.0474. The van der Waals surface area contributed by atoms with E-state index in [1.54, 1.807) is 0 Å². The Labute approximate surface area is 165 Å². The van der Waals surface area contributed by atoms with Crippen molar-refractivity contribution in [2.24, 2.45) is 11.7 Å². The summed E-state index contributed by atoms with van der Waals surface area (Å²) in [6.07, 6.45) is -4.75. The number of rotatable bonds is 5. The summed E-state index contributed by atoms with van der Waals surface area (Å²) < 4.78 is 41.7. The summed E-state index contributed by atoms with van der Waals surface area (Å²) in [5, 5.41) is 4.42. The Morgan fingerprint density at radius 1 is 1.21 bits per heavy atom. The Morgan fingerprint density at radius 2 is 1.86 bits per heavy atom. The minimum Gasteiger partial charge on any atom is -0.445 e. The molecule has 2 aromatic rings. The third kappa shape index (κ3) is 4.96. The van der Waals surface area contributed by atoms with Gasteiger partial charge in [-0.1, -0.05) is 18.2 Å². The fourth-order valence-electron chi connectivity index (χ4n) is 3.77. The van der Waals surface area contributed by atoms with Gasteiger partial charge in [-0.05, 0) is 50.3 Å². The first-order valence-electron chi connectivity index (χ1n) is 9.35. The number of nitrogens with zero attached hydrogens (tertiary/aromatic N) is 1. The third-order valence-corrected chi connectivity index (χ3v) is 5.22. The molecule has 1 aliphatic carbocycles. The molecule has 0 radical (unpaired) electrons. The number of amides is 1. The second-order valence-electron chi connectivity index (χ2n) is 7.32. The normalized spacial score (nSPS) is 20.8. The van der Waals surface area contributed by atoms with Gasteiger partial charge in [0.05, 0.1) is 5.52 Å². The topological polar surface area (TPSA) is 94.3 Å². The van der Waals surface area contributed by atoms with Crippen LogP contribution in [0.1, 0.15) is 31.2 Å². The molecule has 1 atom stereocenters. The van der Waals surface area contributed by atoms with Crippen LogP contribution in [-0.4, -0.2) is 35.2 Å². The number of anilines is 1. The van der Waals surface area contributed by atoms with Gasteiger partial charge in [-0.3, -0.25) is 4.79 Å². The predicted octanol–water partition coefficient (Wildman–Crippen LogP) is 3.47. The number of esters is 1. The molecule has 3 rings (SSSR count). The van der Waals surface area contributed by atoms with Crippen LogP contribution in [0.2, 0.25) is 0 Å². The van der Waals surface area contributed by atoms with Crippen molar-refractivity contribution < 1.29 is 27.5 Å². The monoisotopic (exact) mass is 409 g/mol. The Morgan fingerprint density at radius 3 is 2.48 bits per heavy atom. The summed E-state index contributed by atoms with van der Waals surface area (Å²) in [4.78, 5) is 27.2. The maximum absolute atomic E-state index is 12.4. The molecule has 0 spiro atoms. The highest BCUT2D eigenvalue weighted by Gasteiger charge is 2.45. The Hall–Kier alpha value is -2.84. The molecule has 1 saturated carbocycles. The van der Waals surface area contributed by atoms with Crippen LogP contribution in [-0.2, 0) is 14.3 Å². The molecular formula is C20H22F3N3O3. The van der Waals surface area contributed by atoms with Gasteiger partial charge in [0, 0.05) is 17.3 Å². The number of aromatic nitrogens is 1. The molecular weight excluding hydrogens is 387 g/mol. The van der Waals surface area contributed by atoms with E-state index in [0.717, 1.165) is 22.3 Å². The van der Waals surface area contributed by atoms with Crippen LogP contribution in [0.5, 0.6) is 0 Å². The van der Waals surface area contributed by atoms with E-state index in [1.165, 1.54) is 0 Å². The van der Waals surface area contributed by atoms with Gasteiger partial charge in [0.15, 0.2) is 6.10 Å². The predicted molar refractivity (Wildman–Crippen MR) is 101 cm³/mol. The highest BCUT2D eigenvalue weighted by Crippen LogP contribution is 2.31. The van der Waals surface area contributed by atoms with Crippen molar-refractivity contribution in [2.45, 2.75) is 50.9 Å². The molecule has 0 saturated heterocycles. The van der Waals surface area contributed by atoms with Gasteiger partial charge < -0.3 is 15.8 Å². The number of fused-ring (bicyclic) bond motifs is 1. The number of ether oxygens (including phenoxy) is 1. The summed E-state index contributed by atoms with van der Waals surface area (Å²) in [5.41, 5.74) is 7.13. The van der Waals surface area contributed by atoms with Crippen molar-refractivity contribution in [2.75, 3.05) is 5.32 Å². The number of nitrogens with one attached hydrogen (secondary N) is 1. The summed E-state index contributed by atoms with van der Waals surface area (Å²) in [6, 6.07) is 9.79. The summed E-state index contributed by atoms with van der Waals surface area (Å²) in [5.74, 6) is -3.27. The quantitative estimate of drug-likeness (QED) is 0.738. The average molecular weight is 409 g/mol. The number of carbonyl (C=O) groups excluding carboxylic acids is 2. The number of primary amides is 1. The standard InChI is InChI=1S/C20H22F3N3O3/c1-11-10-16(26-15-5-3-2-4-14(11)15)25-13-8-6-12(7-9-13)17(18(24)27)29-19(28)20(21,22)23/h2-5,10,12-13,17H,6-9H2,1H3,(H2,24,27)(H,25,26). The average Bonchev–Trinajstić information content (AvgIpc) is 2.66. The lowest BCUT2D eigenvalue weighted by atomic mass is 9.82. The van der Waals surface area contributed by atoms with Crippen LogP contribution < -0.4 is 11.1 Å². The fraction of sp³-hybridized carbons (Fsp3) is 0.450. The highest BCUT2D eigenvalue weighted by molar-refractivity contribution is 5.84. The zero-order valence-electron chi connectivity index (χ0n) is 15.8. The lowest BCUT2D eigenvalue weighted by Crippen LogP contribution is -2.44. The molecule has 1 amide bonds. The number of nitrogens with two attached hydrogens (primary N) is 1. The molecule has 1 unspecified atom stereocenters. The number of hydrogen-bond donors (Lipinski definition) is 2. The first kappa shape index (κ1) is 20.9. The molecule has 1 aliphatic rings. The summed E-state index contributed by atoms with van der Waals surface area (Å²) >= 11 is 0. The summed E-state index contributed by atoms with van der Waals surface area (Å²) in [7, 11) is 0. The molecule has 1 aromatic heterocycles. The fourth-order valence-corrected chi connectivity index (χ4v) is 3.77. The van der Waals surface area contributed by atoms with Crippen molar-refractivity contribution in [3.05, 3.63) is 35.9 Å². The lowest BCUT2D eigenvalue weighted by Gasteiger charge is -2.32. The Bertz CT molecular complexity index is 909. The first-order valence-corrected chi connectivity index (χ1v) is 9.35. The second-order valence-corrected chi connectivity index (χ2v) is 7.32. The van der Waals surface area contributed by atoms with E-state index in [9.17, 15) is 22.8 Å². The SMILES string of the molecule is Cc1cc(NC2CCC(C(OC(=O)C(F)(F)F)C(N)=O)CC2)nc2ccccc12. The van der Waals surface area contributed by atoms with Crippen molar-refractivity contribution in [3.63, 3.8) is 0 Å². The largest absolute Gasteiger partial charge is 0.490 e. The minimum atomic E-state index is -5.16. The van der Waals surface area contributed by atoms with Gasteiger partial charge in [0.1, 0.15) is 5.82 Å². The number of para-hydroxylation sites is 1. The number of benzene rings is 1. The molecule has 29 heavy (non-hydrogen) atoms. The van der Waals surface area contributed by atoms with Gasteiger partial charge in [-0.2, -0.15) is 13.2 Å². The van der Waals surface area contributed by atoms with Crippen LogP contribution in [0.15, 0.2) is 30.3 Å². The molecule has 3 N–H and O–H groups in total. The van der Waals surface area contributed by atoms with Crippen molar-refractivity contribution in [3.8, 4) is 0 Å². The molecule has 0 bridgehead atoms. The Kier molecular flexibility index (Phi) is 5.95. The number of hydrogen-bond acceptors (Lipinski definition) is 5. The van der Waals surface area contributed by atoms with Crippen LogP contribution in [0.3, 0.4) is 0 Å². The Balaban J connectivity index is 1.62. The molecule has 0 aliphatic heterocycles. The van der Waals surface area contributed by atoms with Gasteiger partial charge in [0.25, 0.3) is 5.91 Å². The molecule has 1 fully saturated rings. The van der Waals surface area contributed by atoms with E-state index in [-0.39, 0.29) is 6.04 Å². The van der Waals surface area contributed by atoms with Crippen molar-refractivity contribution >= 4 is 28.6 Å². The van der Waals surface area contributed by atoms with E-state index in [4.69, 9.17) is 5.73 Å². The third-order valence-electron chi connectivity index (χ3n) is 5.22. The summed E-state index contributed by atoms with van der Waals surface area (Å²) in [6.45, 7) is 2.00. The zero-order chi connectivity index (χ0) is 21.2.